The van der Waals surface area contributed by atoms with Gasteiger partial charge in [0.2, 0.25) is 5.91 Å². The van der Waals surface area contributed by atoms with E-state index in [1.165, 1.54) is 5.57 Å². The van der Waals surface area contributed by atoms with Gasteiger partial charge in [-0.25, -0.2) is 0 Å². The summed E-state index contributed by atoms with van der Waals surface area (Å²) < 4.78 is 0. The normalized spacial score (nSPS) is 16.1. The summed E-state index contributed by atoms with van der Waals surface area (Å²) in [7, 11) is 0. The molecule has 0 radical (unpaired) electrons. The lowest BCUT2D eigenvalue weighted by Gasteiger charge is -2.31. The number of hydrogen-bond acceptors (Lipinski definition) is 3. The molecule has 1 heterocycles. The van der Waals surface area contributed by atoms with E-state index in [2.05, 4.69) is 16.3 Å². The Bertz CT molecular complexity index is 738. The molecule has 4 nitrogen and oxygen atoms in total. The number of phenols is 1. The molecule has 0 bridgehead atoms. The van der Waals surface area contributed by atoms with E-state index in [4.69, 9.17) is 0 Å². The van der Waals surface area contributed by atoms with Crippen LogP contribution in [-0.2, 0) is 11.3 Å². The first kappa shape index (κ1) is 17.2. The number of phenolic OH excluding ortho intramolecular Hbond substituents is 1. The third kappa shape index (κ3) is 4.48. The molecule has 2 aromatic carbocycles. The Hall–Kier alpha value is -2.59. The van der Waals surface area contributed by atoms with Crippen LogP contribution in [0.25, 0.3) is 5.57 Å². The van der Waals surface area contributed by atoms with Crippen LogP contribution >= 0.6 is 0 Å². The molecule has 1 aliphatic rings. The Morgan fingerprint density at radius 3 is 2.52 bits per heavy atom. The van der Waals surface area contributed by atoms with E-state index in [-0.39, 0.29) is 17.7 Å². The molecule has 2 aromatic rings. The Labute approximate surface area is 148 Å². The lowest BCUT2D eigenvalue weighted by atomic mass is 9.98. The van der Waals surface area contributed by atoms with Crippen LogP contribution in [0.15, 0.2) is 60.7 Å². The van der Waals surface area contributed by atoms with Crippen LogP contribution in [0.4, 0.5) is 0 Å². The minimum absolute atomic E-state index is 0.0605. The van der Waals surface area contributed by atoms with E-state index in [0.29, 0.717) is 6.54 Å². The fourth-order valence-corrected chi connectivity index (χ4v) is 3.07. The maximum absolute atomic E-state index is 12.4. The second kappa shape index (κ2) is 7.99. The van der Waals surface area contributed by atoms with E-state index < -0.39 is 0 Å². The lowest BCUT2D eigenvalue weighted by molar-refractivity contribution is -0.125. The zero-order chi connectivity index (χ0) is 17.6. The Balaban J connectivity index is 1.54. The lowest BCUT2D eigenvalue weighted by Crippen LogP contribution is -2.46. The smallest absolute Gasteiger partial charge is 0.237 e. The summed E-state index contributed by atoms with van der Waals surface area (Å²) in [4.78, 5) is 14.6. The molecule has 1 atom stereocenters. The highest BCUT2D eigenvalue weighted by atomic mass is 16.3. The van der Waals surface area contributed by atoms with Crippen molar-refractivity contribution in [2.45, 2.75) is 25.9 Å². The monoisotopic (exact) mass is 336 g/mol. The molecule has 3 rings (SSSR count). The van der Waals surface area contributed by atoms with E-state index in [0.717, 1.165) is 30.6 Å². The van der Waals surface area contributed by atoms with Gasteiger partial charge in [-0.2, -0.15) is 0 Å². The van der Waals surface area contributed by atoms with Crippen molar-refractivity contribution in [3.05, 3.63) is 71.8 Å². The van der Waals surface area contributed by atoms with E-state index in [1.807, 2.05) is 49.4 Å². The van der Waals surface area contributed by atoms with Gasteiger partial charge in [-0.05, 0) is 42.2 Å². The summed E-state index contributed by atoms with van der Waals surface area (Å²) in [5.41, 5.74) is 3.52. The van der Waals surface area contributed by atoms with Crippen molar-refractivity contribution >= 4 is 11.5 Å². The number of carbonyl (C=O) groups excluding carboxylic acids is 1. The van der Waals surface area contributed by atoms with Crippen LogP contribution in [-0.4, -0.2) is 35.0 Å². The van der Waals surface area contributed by atoms with Crippen molar-refractivity contribution in [1.82, 2.24) is 10.2 Å². The third-order valence-corrected chi connectivity index (χ3v) is 4.72. The Kier molecular flexibility index (Phi) is 5.51. The van der Waals surface area contributed by atoms with E-state index >= 15 is 0 Å². The van der Waals surface area contributed by atoms with Crippen molar-refractivity contribution in [1.29, 1.82) is 0 Å². The highest BCUT2D eigenvalue weighted by Gasteiger charge is 2.23. The third-order valence-electron chi connectivity index (χ3n) is 4.72. The Morgan fingerprint density at radius 2 is 1.88 bits per heavy atom. The van der Waals surface area contributed by atoms with Crippen molar-refractivity contribution in [3.63, 3.8) is 0 Å². The average Bonchev–Trinajstić information content (AvgIpc) is 2.67. The van der Waals surface area contributed by atoms with Crippen LogP contribution in [0.3, 0.4) is 0 Å². The first-order valence-electron chi connectivity index (χ1n) is 8.67. The van der Waals surface area contributed by atoms with Gasteiger partial charge in [0.1, 0.15) is 5.75 Å². The van der Waals surface area contributed by atoms with Crippen molar-refractivity contribution in [3.8, 4) is 5.75 Å². The van der Waals surface area contributed by atoms with Crippen LogP contribution in [0.1, 0.15) is 24.5 Å². The molecular formula is C21H24N2O2. The van der Waals surface area contributed by atoms with Crippen molar-refractivity contribution < 1.29 is 9.90 Å². The van der Waals surface area contributed by atoms with Gasteiger partial charge in [-0.1, -0.05) is 48.5 Å². The van der Waals surface area contributed by atoms with Gasteiger partial charge in [0.05, 0.1) is 6.04 Å². The molecule has 4 heteroatoms. The summed E-state index contributed by atoms with van der Waals surface area (Å²) in [6.45, 7) is 4.13. The molecule has 0 fully saturated rings. The molecule has 1 aliphatic heterocycles. The molecule has 130 valence electrons. The second-order valence-corrected chi connectivity index (χ2v) is 6.40. The fraction of sp³-hybridized carbons (Fsp3) is 0.286. The highest BCUT2D eigenvalue weighted by Crippen LogP contribution is 2.24. The number of hydrogen-bond donors (Lipinski definition) is 2. The number of benzene rings is 2. The van der Waals surface area contributed by atoms with Gasteiger partial charge in [0.25, 0.3) is 0 Å². The Morgan fingerprint density at radius 1 is 1.16 bits per heavy atom. The summed E-state index contributed by atoms with van der Waals surface area (Å²) in [6.07, 6.45) is 3.08. The van der Waals surface area contributed by atoms with Crippen LogP contribution in [0.5, 0.6) is 5.75 Å². The number of carbonyl (C=O) groups is 1. The number of amides is 1. The summed E-state index contributed by atoms with van der Waals surface area (Å²) in [6, 6.07) is 17.1. The zero-order valence-corrected chi connectivity index (χ0v) is 14.5. The highest BCUT2D eigenvalue weighted by molar-refractivity contribution is 5.81. The molecule has 2 N–H and O–H groups in total. The van der Waals surface area contributed by atoms with Gasteiger partial charge in [0, 0.05) is 19.6 Å². The van der Waals surface area contributed by atoms with Crippen LogP contribution < -0.4 is 5.32 Å². The molecule has 1 unspecified atom stereocenters. The van der Waals surface area contributed by atoms with Gasteiger partial charge < -0.3 is 10.4 Å². The molecule has 0 spiro atoms. The van der Waals surface area contributed by atoms with Gasteiger partial charge in [-0.15, -0.1) is 0 Å². The average molecular weight is 336 g/mol. The van der Waals surface area contributed by atoms with Crippen LogP contribution in [0.2, 0.25) is 0 Å². The minimum atomic E-state index is -0.152. The largest absolute Gasteiger partial charge is 0.508 e. The number of rotatable bonds is 5. The summed E-state index contributed by atoms with van der Waals surface area (Å²) in [5, 5.41) is 12.4. The summed E-state index contributed by atoms with van der Waals surface area (Å²) >= 11 is 0. The van der Waals surface area contributed by atoms with E-state index in [9.17, 15) is 9.90 Å². The number of nitrogens with one attached hydrogen (secondary N) is 1. The number of nitrogens with zero attached hydrogens (tertiary/aromatic N) is 1. The molecular weight excluding hydrogens is 312 g/mol. The second-order valence-electron chi connectivity index (χ2n) is 6.40. The molecule has 25 heavy (non-hydrogen) atoms. The minimum Gasteiger partial charge on any atom is -0.508 e. The topological polar surface area (TPSA) is 52.6 Å². The molecule has 0 saturated carbocycles. The SMILES string of the molecule is CC(C(=O)NCc1ccccc1)N1CC=C(c2ccc(O)cc2)CC1. The van der Waals surface area contributed by atoms with Crippen LogP contribution in [0, 0.1) is 0 Å². The van der Waals surface area contributed by atoms with Crippen molar-refractivity contribution in [2.24, 2.45) is 0 Å². The van der Waals surface area contributed by atoms with Gasteiger partial charge >= 0.3 is 0 Å². The quantitative estimate of drug-likeness (QED) is 0.882. The van der Waals surface area contributed by atoms with Crippen molar-refractivity contribution in [2.75, 3.05) is 13.1 Å². The van der Waals surface area contributed by atoms with E-state index in [1.54, 1.807) is 12.1 Å². The standard InChI is InChI=1S/C21H24N2O2/c1-16(21(25)22-15-17-5-3-2-4-6-17)23-13-11-19(12-14-23)18-7-9-20(24)10-8-18/h2-11,16,24H,12-15H2,1H3,(H,22,25). The first-order chi connectivity index (χ1) is 12.1. The first-order valence-corrected chi connectivity index (χ1v) is 8.67. The molecule has 0 saturated heterocycles. The zero-order valence-electron chi connectivity index (χ0n) is 14.5. The maximum Gasteiger partial charge on any atom is 0.237 e. The summed E-state index contributed by atoms with van der Waals surface area (Å²) in [5.74, 6) is 0.343. The maximum atomic E-state index is 12.4. The predicted octanol–water partition coefficient (Wildman–Crippen LogP) is 3.19. The predicted molar refractivity (Wildman–Crippen MR) is 100 cm³/mol. The van der Waals surface area contributed by atoms with Gasteiger partial charge in [0.15, 0.2) is 0 Å². The molecule has 1 amide bonds. The number of aromatic hydroxyl groups is 1. The molecule has 0 aliphatic carbocycles. The van der Waals surface area contributed by atoms with Gasteiger partial charge in [-0.3, -0.25) is 9.69 Å². The molecule has 0 aromatic heterocycles. The fourth-order valence-electron chi connectivity index (χ4n) is 3.07.